The number of allylic oxidation sites excluding steroid dienone is 4. The Bertz CT molecular complexity index is 1170. The number of carboxylic acid groups (broad SMARTS) is 1. The molecule has 204 valence electrons. The SMILES string of the molecule is C[C@]12C=C/C(=N\OCC(=O)NC(Cc3ccccc3)C(=O)O)C=C1CCC1C2CC[C@@]2(C)C1CC[C@]2(C)O. The molecule has 3 saturated carbocycles. The minimum absolute atomic E-state index is 0.00585. The molecule has 4 unspecified atom stereocenters. The summed E-state index contributed by atoms with van der Waals surface area (Å²) in [5, 5.41) is 27.3. The van der Waals surface area contributed by atoms with Gasteiger partial charge in [-0.3, -0.25) is 4.79 Å². The number of benzene rings is 1. The van der Waals surface area contributed by atoms with Crippen molar-refractivity contribution in [3.05, 3.63) is 59.7 Å². The lowest BCUT2D eigenvalue weighted by atomic mass is 9.47. The molecular formula is C31H40N2O5. The molecule has 7 heteroatoms. The zero-order chi connectivity index (χ0) is 27.1. The normalized spacial score (nSPS) is 37.4. The summed E-state index contributed by atoms with van der Waals surface area (Å²) in [5.74, 6) is 0.125. The van der Waals surface area contributed by atoms with E-state index in [4.69, 9.17) is 4.84 Å². The number of rotatable bonds is 7. The number of nitrogens with one attached hydrogen (secondary N) is 1. The Labute approximate surface area is 225 Å². The van der Waals surface area contributed by atoms with Gasteiger partial charge in [-0.2, -0.15) is 0 Å². The monoisotopic (exact) mass is 520 g/mol. The number of fused-ring (bicyclic) bond motifs is 5. The van der Waals surface area contributed by atoms with Gasteiger partial charge in [0.15, 0.2) is 6.61 Å². The zero-order valence-corrected chi connectivity index (χ0v) is 22.7. The average molecular weight is 521 g/mol. The third-order valence-electron chi connectivity index (χ3n) is 10.4. The van der Waals surface area contributed by atoms with Crippen molar-refractivity contribution in [1.29, 1.82) is 0 Å². The Hall–Kier alpha value is -2.93. The van der Waals surface area contributed by atoms with E-state index in [1.807, 2.05) is 43.3 Å². The van der Waals surface area contributed by atoms with Gasteiger partial charge in [0.05, 0.1) is 5.60 Å². The third kappa shape index (κ3) is 4.70. The van der Waals surface area contributed by atoms with Gasteiger partial charge in [-0.1, -0.05) is 61.0 Å². The average Bonchev–Trinajstić information content (AvgIpc) is 3.13. The first-order valence-corrected chi connectivity index (χ1v) is 13.9. The summed E-state index contributed by atoms with van der Waals surface area (Å²) in [6.07, 6.45) is 12.8. The van der Waals surface area contributed by atoms with Crippen LogP contribution in [0.4, 0.5) is 0 Å². The van der Waals surface area contributed by atoms with E-state index in [0.29, 0.717) is 23.5 Å². The van der Waals surface area contributed by atoms with Crippen molar-refractivity contribution in [3.8, 4) is 0 Å². The van der Waals surface area contributed by atoms with E-state index < -0.39 is 23.5 Å². The van der Waals surface area contributed by atoms with Gasteiger partial charge in [-0.15, -0.1) is 0 Å². The molecule has 5 rings (SSSR count). The minimum Gasteiger partial charge on any atom is -0.480 e. The molecule has 3 fully saturated rings. The predicted molar refractivity (Wildman–Crippen MR) is 145 cm³/mol. The molecule has 4 aliphatic rings. The Balaban J connectivity index is 1.19. The molecule has 0 heterocycles. The van der Waals surface area contributed by atoms with Gasteiger partial charge in [0.2, 0.25) is 0 Å². The summed E-state index contributed by atoms with van der Waals surface area (Å²) >= 11 is 0. The second-order valence-corrected chi connectivity index (χ2v) is 12.4. The van der Waals surface area contributed by atoms with Crippen LogP contribution in [0.1, 0.15) is 64.9 Å². The lowest BCUT2D eigenvalue weighted by Gasteiger charge is -2.58. The minimum atomic E-state index is -1.09. The quantitative estimate of drug-likeness (QED) is 0.453. The van der Waals surface area contributed by atoms with Gasteiger partial charge in [0.25, 0.3) is 5.91 Å². The topological polar surface area (TPSA) is 108 Å². The molecule has 0 bridgehead atoms. The van der Waals surface area contributed by atoms with Gasteiger partial charge in [0, 0.05) is 11.8 Å². The van der Waals surface area contributed by atoms with Gasteiger partial charge < -0.3 is 20.4 Å². The first-order chi connectivity index (χ1) is 18.0. The van der Waals surface area contributed by atoms with Crippen LogP contribution in [0.2, 0.25) is 0 Å². The maximum Gasteiger partial charge on any atom is 0.326 e. The summed E-state index contributed by atoms with van der Waals surface area (Å²) < 4.78 is 0. The fourth-order valence-corrected chi connectivity index (χ4v) is 7.96. The van der Waals surface area contributed by atoms with Crippen LogP contribution < -0.4 is 5.32 Å². The molecule has 1 amide bonds. The van der Waals surface area contributed by atoms with Crippen molar-refractivity contribution >= 4 is 17.6 Å². The van der Waals surface area contributed by atoms with Gasteiger partial charge >= 0.3 is 5.97 Å². The standard InChI is InChI=1S/C31H40N2O5/c1-29-14-11-22(33-38-19-27(34)32-26(28(35)36)17-20-7-5-4-6-8-20)18-21(29)9-10-23-24(29)12-15-30(2)25(23)13-16-31(30,3)37/h4-8,11,14,18,23-26,37H,9-10,12-13,15-17,19H2,1-3H3,(H,32,34)(H,35,36)/b33-22+/t23?,24?,25?,26?,29-,30-,31-/m0/s1. The fraction of sp³-hybridized carbons (Fsp3) is 0.581. The molecule has 0 spiro atoms. The van der Waals surface area contributed by atoms with E-state index >= 15 is 0 Å². The van der Waals surface area contributed by atoms with Crippen LogP contribution in [-0.2, 0) is 20.8 Å². The van der Waals surface area contributed by atoms with Crippen LogP contribution in [0, 0.1) is 28.6 Å². The number of aliphatic carboxylic acids is 1. The van der Waals surface area contributed by atoms with Crippen molar-refractivity contribution in [2.45, 2.75) is 77.4 Å². The first kappa shape index (κ1) is 26.7. The molecule has 1 aromatic carbocycles. The van der Waals surface area contributed by atoms with E-state index in [2.05, 4.69) is 36.5 Å². The maximum atomic E-state index is 12.4. The highest BCUT2D eigenvalue weighted by atomic mass is 16.6. The number of hydrogen-bond donors (Lipinski definition) is 3. The number of carbonyl (C=O) groups excluding carboxylic acids is 1. The van der Waals surface area contributed by atoms with E-state index in [1.54, 1.807) is 0 Å². The lowest BCUT2D eigenvalue weighted by Crippen LogP contribution is -2.53. The Morgan fingerprint density at radius 3 is 2.58 bits per heavy atom. The molecule has 0 aliphatic heterocycles. The Kier molecular flexibility index (Phi) is 7.01. The van der Waals surface area contributed by atoms with Crippen molar-refractivity contribution in [1.82, 2.24) is 5.32 Å². The van der Waals surface area contributed by atoms with Crippen molar-refractivity contribution in [3.63, 3.8) is 0 Å². The smallest absolute Gasteiger partial charge is 0.326 e. The third-order valence-corrected chi connectivity index (χ3v) is 10.4. The number of oxime groups is 1. The van der Waals surface area contributed by atoms with Crippen molar-refractivity contribution in [2.75, 3.05) is 6.61 Å². The van der Waals surface area contributed by atoms with E-state index in [9.17, 15) is 19.8 Å². The van der Waals surface area contributed by atoms with Crippen LogP contribution in [0.3, 0.4) is 0 Å². The predicted octanol–water partition coefficient (Wildman–Crippen LogP) is 4.66. The van der Waals surface area contributed by atoms with Crippen LogP contribution >= 0.6 is 0 Å². The van der Waals surface area contributed by atoms with Crippen LogP contribution in [-0.4, -0.2) is 46.1 Å². The van der Waals surface area contributed by atoms with E-state index in [0.717, 1.165) is 44.1 Å². The number of hydrogen-bond acceptors (Lipinski definition) is 5. The summed E-state index contributed by atoms with van der Waals surface area (Å²) in [6, 6.07) is 8.16. The molecule has 0 radical (unpaired) electrons. The highest BCUT2D eigenvalue weighted by molar-refractivity contribution is 6.05. The molecular weight excluding hydrogens is 480 g/mol. The Morgan fingerprint density at radius 1 is 1.11 bits per heavy atom. The number of carboxylic acids is 1. The summed E-state index contributed by atoms with van der Waals surface area (Å²) in [4.78, 5) is 29.3. The fourth-order valence-electron chi connectivity index (χ4n) is 7.96. The number of amides is 1. The molecule has 3 N–H and O–H groups in total. The first-order valence-electron chi connectivity index (χ1n) is 13.9. The van der Waals surface area contributed by atoms with E-state index in [1.165, 1.54) is 5.57 Å². The summed E-state index contributed by atoms with van der Waals surface area (Å²) in [7, 11) is 0. The molecule has 0 saturated heterocycles. The molecule has 0 aromatic heterocycles. The van der Waals surface area contributed by atoms with Gasteiger partial charge in [-0.25, -0.2) is 4.79 Å². The van der Waals surface area contributed by atoms with Gasteiger partial charge in [-0.05, 0) is 86.3 Å². The lowest BCUT2D eigenvalue weighted by molar-refractivity contribution is -0.142. The van der Waals surface area contributed by atoms with E-state index in [-0.39, 0.29) is 23.9 Å². The van der Waals surface area contributed by atoms with Crippen LogP contribution in [0.15, 0.2) is 59.3 Å². The Morgan fingerprint density at radius 2 is 1.84 bits per heavy atom. The second-order valence-electron chi connectivity index (χ2n) is 12.4. The molecule has 38 heavy (non-hydrogen) atoms. The maximum absolute atomic E-state index is 12.4. The molecule has 7 atom stereocenters. The van der Waals surface area contributed by atoms with Crippen LogP contribution in [0.5, 0.6) is 0 Å². The summed E-state index contributed by atoms with van der Waals surface area (Å²) in [6.45, 7) is 6.34. The van der Waals surface area contributed by atoms with Gasteiger partial charge in [0.1, 0.15) is 11.8 Å². The number of carbonyl (C=O) groups is 2. The molecule has 7 nitrogen and oxygen atoms in total. The zero-order valence-electron chi connectivity index (χ0n) is 22.7. The highest BCUT2D eigenvalue weighted by Crippen LogP contribution is 2.66. The highest BCUT2D eigenvalue weighted by Gasteiger charge is 2.61. The number of aliphatic hydroxyl groups is 1. The molecule has 4 aliphatic carbocycles. The van der Waals surface area contributed by atoms with Crippen LogP contribution in [0.25, 0.3) is 0 Å². The number of nitrogens with zero attached hydrogens (tertiary/aromatic N) is 1. The molecule has 1 aromatic rings. The van der Waals surface area contributed by atoms with Crippen molar-refractivity contribution < 1.29 is 24.6 Å². The largest absolute Gasteiger partial charge is 0.480 e. The second kappa shape index (κ2) is 9.99. The van der Waals surface area contributed by atoms with Crippen molar-refractivity contribution in [2.24, 2.45) is 33.7 Å². The summed E-state index contributed by atoms with van der Waals surface area (Å²) in [5.41, 5.74) is 2.27.